The molecule has 0 bridgehead atoms. The van der Waals surface area contributed by atoms with Crippen LogP contribution in [-0.2, 0) is 14.3 Å². The summed E-state index contributed by atoms with van der Waals surface area (Å²) in [5.41, 5.74) is 0. The molecule has 2 rings (SSSR count). The maximum absolute atomic E-state index is 12.0. The highest BCUT2D eigenvalue weighted by molar-refractivity contribution is 8.00. The van der Waals surface area contributed by atoms with Crippen molar-refractivity contribution < 1.29 is 14.3 Å². The highest BCUT2D eigenvalue weighted by atomic mass is 32.2. The van der Waals surface area contributed by atoms with E-state index in [9.17, 15) is 9.59 Å². The molecule has 1 amide bonds. The first kappa shape index (κ1) is 14.1. The molecule has 0 saturated carbocycles. The molecule has 0 radical (unpaired) electrons. The Bertz CT molecular complexity index is 470. The van der Waals surface area contributed by atoms with E-state index in [0.717, 1.165) is 10.6 Å². The summed E-state index contributed by atoms with van der Waals surface area (Å²) in [5.74, 6) is 0.450. The van der Waals surface area contributed by atoms with Gasteiger partial charge in [0.25, 0.3) is 0 Å². The third kappa shape index (κ3) is 3.84. The van der Waals surface area contributed by atoms with Crippen LogP contribution in [0.1, 0.15) is 4.88 Å². The molecule has 1 fully saturated rings. The summed E-state index contributed by atoms with van der Waals surface area (Å²) in [4.78, 5) is 26.3. The van der Waals surface area contributed by atoms with Crippen molar-refractivity contribution in [1.82, 2.24) is 4.90 Å². The van der Waals surface area contributed by atoms with Crippen LogP contribution < -0.4 is 0 Å². The van der Waals surface area contributed by atoms with Gasteiger partial charge in [0, 0.05) is 29.8 Å². The number of carbonyl (C=O) groups excluding carboxylic acids is 2. The second-order valence-electron chi connectivity index (χ2n) is 4.02. The van der Waals surface area contributed by atoms with Gasteiger partial charge in [-0.05, 0) is 17.5 Å². The van der Waals surface area contributed by atoms with Crippen LogP contribution in [0.5, 0.6) is 0 Å². The van der Waals surface area contributed by atoms with Crippen molar-refractivity contribution >= 4 is 41.1 Å². The Morgan fingerprint density at radius 3 is 3.05 bits per heavy atom. The molecule has 1 aromatic rings. The molecule has 6 heteroatoms. The number of hydrogen-bond acceptors (Lipinski definition) is 5. The van der Waals surface area contributed by atoms with Gasteiger partial charge >= 0.3 is 5.97 Å². The third-order valence-corrected chi connectivity index (χ3v) is 4.78. The fourth-order valence-electron chi connectivity index (χ4n) is 1.77. The summed E-state index contributed by atoms with van der Waals surface area (Å²) in [6.07, 6.45) is 3.37. The first-order chi connectivity index (χ1) is 9.20. The van der Waals surface area contributed by atoms with E-state index in [4.69, 9.17) is 4.74 Å². The lowest BCUT2D eigenvalue weighted by Gasteiger charge is -2.30. The average molecular weight is 297 g/mol. The Kier molecular flexibility index (Phi) is 5.04. The molecule has 1 aromatic heterocycles. The van der Waals surface area contributed by atoms with Gasteiger partial charge in [0.15, 0.2) is 0 Å². The van der Waals surface area contributed by atoms with Crippen LogP contribution in [-0.4, -0.2) is 48.0 Å². The third-order valence-electron chi connectivity index (χ3n) is 2.78. The van der Waals surface area contributed by atoms with E-state index in [2.05, 4.69) is 0 Å². The second-order valence-corrected chi connectivity index (χ2v) is 6.31. The Labute approximate surface area is 120 Å². The van der Waals surface area contributed by atoms with Crippen molar-refractivity contribution in [2.75, 3.05) is 26.0 Å². The van der Waals surface area contributed by atoms with Crippen molar-refractivity contribution in [3.8, 4) is 0 Å². The normalized spacial score (nSPS) is 19.6. The van der Waals surface area contributed by atoms with Crippen molar-refractivity contribution in [2.24, 2.45) is 0 Å². The van der Waals surface area contributed by atoms with Crippen molar-refractivity contribution in [1.29, 1.82) is 0 Å². The minimum atomic E-state index is -0.266. The van der Waals surface area contributed by atoms with Gasteiger partial charge in [0.1, 0.15) is 5.25 Å². The smallest absolute Gasteiger partial charge is 0.320 e. The van der Waals surface area contributed by atoms with Gasteiger partial charge < -0.3 is 9.64 Å². The van der Waals surface area contributed by atoms with E-state index in [1.54, 1.807) is 34.1 Å². The van der Waals surface area contributed by atoms with Gasteiger partial charge in [-0.15, -0.1) is 23.1 Å². The zero-order chi connectivity index (χ0) is 13.7. The number of hydrogen-bond donors (Lipinski definition) is 0. The maximum atomic E-state index is 12.0. The maximum Gasteiger partial charge on any atom is 0.320 e. The zero-order valence-corrected chi connectivity index (χ0v) is 12.2. The molecule has 0 aromatic carbocycles. The molecule has 1 aliphatic heterocycles. The lowest BCUT2D eigenvalue weighted by Crippen LogP contribution is -2.44. The minimum Gasteiger partial charge on any atom is -0.468 e. The second kappa shape index (κ2) is 6.77. The first-order valence-corrected chi connectivity index (χ1v) is 7.83. The van der Waals surface area contributed by atoms with Crippen LogP contribution in [0.25, 0.3) is 6.08 Å². The zero-order valence-electron chi connectivity index (χ0n) is 10.6. The largest absolute Gasteiger partial charge is 0.468 e. The topological polar surface area (TPSA) is 46.6 Å². The number of nitrogens with zero attached hydrogens (tertiary/aromatic N) is 1. The number of ether oxygens (including phenoxy) is 1. The number of carbonyl (C=O) groups is 2. The number of methoxy groups -OCH3 is 1. The van der Waals surface area contributed by atoms with Crippen molar-refractivity contribution in [2.45, 2.75) is 5.25 Å². The highest BCUT2D eigenvalue weighted by Crippen LogP contribution is 2.20. The lowest BCUT2D eigenvalue weighted by molar-refractivity contribution is -0.140. The Morgan fingerprint density at radius 1 is 1.53 bits per heavy atom. The number of thiophene rings is 1. The molecule has 2 heterocycles. The molecule has 19 heavy (non-hydrogen) atoms. The van der Waals surface area contributed by atoms with Crippen molar-refractivity contribution in [3.63, 3.8) is 0 Å². The van der Waals surface area contributed by atoms with Crippen LogP contribution in [0.15, 0.2) is 23.6 Å². The van der Waals surface area contributed by atoms with E-state index in [-0.39, 0.29) is 17.1 Å². The Hall–Kier alpha value is -1.27. The average Bonchev–Trinajstić information content (AvgIpc) is 2.97. The summed E-state index contributed by atoms with van der Waals surface area (Å²) in [5, 5.41) is 1.70. The molecular formula is C13H15NO3S2. The summed E-state index contributed by atoms with van der Waals surface area (Å²) >= 11 is 3.13. The molecule has 1 aliphatic rings. The van der Waals surface area contributed by atoms with E-state index in [0.29, 0.717) is 13.1 Å². The van der Waals surface area contributed by atoms with Crippen molar-refractivity contribution in [3.05, 3.63) is 28.5 Å². The lowest BCUT2D eigenvalue weighted by atomic mass is 10.3. The summed E-state index contributed by atoms with van der Waals surface area (Å²) in [6, 6.07) is 3.90. The van der Waals surface area contributed by atoms with E-state index in [1.807, 2.05) is 23.6 Å². The Balaban J connectivity index is 1.93. The van der Waals surface area contributed by atoms with Crippen LogP contribution in [0, 0.1) is 0 Å². The predicted molar refractivity (Wildman–Crippen MR) is 78.2 cm³/mol. The number of thioether (sulfide) groups is 1. The number of esters is 1. The quantitative estimate of drug-likeness (QED) is 0.631. The van der Waals surface area contributed by atoms with E-state index in [1.165, 1.54) is 7.11 Å². The molecule has 0 unspecified atom stereocenters. The van der Waals surface area contributed by atoms with Crippen LogP contribution >= 0.6 is 23.1 Å². The molecular weight excluding hydrogens is 282 g/mol. The van der Waals surface area contributed by atoms with Gasteiger partial charge in [-0.1, -0.05) is 6.07 Å². The molecule has 1 saturated heterocycles. The summed E-state index contributed by atoms with van der Waals surface area (Å²) in [7, 11) is 1.38. The monoisotopic (exact) mass is 297 g/mol. The molecule has 0 spiro atoms. The van der Waals surface area contributed by atoms with Crippen LogP contribution in [0.4, 0.5) is 0 Å². The fourth-order valence-corrected chi connectivity index (χ4v) is 3.51. The highest BCUT2D eigenvalue weighted by Gasteiger charge is 2.28. The molecule has 1 atom stereocenters. The van der Waals surface area contributed by atoms with E-state index >= 15 is 0 Å². The van der Waals surface area contributed by atoms with Crippen LogP contribution in [0.2, 0.25) is 0 Å². The van der Waals surface area contributed by atoms with E-state index < -0.39 is 0 Å². The molecule has 102 valence electrons. The fraction of sp³-hybridized carbons (Fsp3) is 0.385. The van der Waals surface area contributed by atoms with Gasteiger partial charge in [0.2, 0.25) is 5.91 Å². The summed E-state index contributed by atoms with van der Waals surface area (Å²) in [6.45, 7) is 1.09. The molecule has 4 nitrogen and oxygen atoms in total. The molecule has 0 aliphatic carbocycles. The van der Waals surface area contributed by atoms with Gasteiger partial charge in [0.05, 0.1) is 7.11 Å². The summed E-state index contributed by atoms with van der Waals surface area (Å²) < 4.78 is 4.72. The Morgan fingerprint density at radius 2 is 2.37 bits per heavy atom. The van der Waals surface area contributed by atoms with Gasteiger partial charge in [-0.25, -0.2) is 0 Å². The van der Waals surface area contributed by atoms with Gasteiger partial charge in [-0.2, -0.15) is 0 Å². The minimum absolute atomic E-state index is 0.0531. The number of rotatable bonds is 3. The number of amides is 1. The van der Waals surface area contributed by atoms with Crippen LogP contribution in [0.3, 0.4) is 0 Å². The van der Waals surface area contributed by atoms with Gasteiger partial charge in [-0.3, -0.25) is 9.59 Å². The SMILES string of the molecule is COC(=O)[C@H]1CN(C(=O)/C=C/c2cccs2)CCS1. The molecule has 0 N–H and O–H groups in total. The predicted octanol–water partition coefficient (Wildman–Crippen LogP) is 1.88. The first-order valence-electron chi connectivity index (χ1n) is 5.90. The standard InChI is InChI=1S/C13H15NO3S2/c1-17-13(16)11-9-14(6-8-19-11)12(15)5-4-10-3-2-7-18-10/h2-5,7,11H,6,8-9H2,1H3/b5-4+/t11-/m1/s1.